The average Bonchev–Trinajstić information content (AvgIpc) is 2.31. The van der Waals surface area contributed by atoms with Gasteiger partial charge >= 0.3 is 0 Å². The van der Waals surface area contributed by atoms with Gasteiger partial charge in [-0.25, -0.2) is 0 Å². The van der Waals surface area contributed by atoms with Gasteiger partial charge in [0.25, 0.3) is 0 Å². The maximum absolute atomic E-state index is 5.64. The van der Waals surface area contributed by atoms with Crippen molar-refractivity contribution in [3.05, 3.63) is 29.3 Å². The molecule has 1 aromatic rings. The second-order valence-corrected chi connectivity index (χ2v) is 3.85. The van der Waals surface area contributed by atoms with Crippen LogP contribution in [0, 0.1) is 6.92 Å². The highest BCUT2D eigenvalue weighted by Gasteiger charge is 2.00. The van der Waals surface area contributed by atoms with E-state index in [0.717, 1.165) is 24.3 Å². The third-order valence-electron chi connectivity index (χ3n) is 2.51. The summed E-state index contributed by atoms with van der Waals surface area (Å²) in [6, 6.07) is 6.20. The quantitative estimate of drug-likeness (QED) is 0.479. The Morgan fingerprint density at radius 1 is 1.44 bits per heavy atom. The van der Waals surface area contributed by atoms with E-state index in [1.165, 1.54) is 5.56 Å². The molecule has 4 nitrogen and oxygen atoms in total. The van der Waals surface area contributed by atoms with Crippen molar-refractivity contribution in [1.82, 2.24) is 5.32 Å². The van der Waals surface area contributed by atoms with Gasteiger partial charge in [0.2, 0.25) is 0 Å². The molecule has 0 aromatic heterocycles. The molecule has 0 saturated heterocycles. The zero-order valence-corrected chi connectivity index (χ0v) is 13.5. The van der Waals surface area contributed by atoms with Crippen LogP contribution >= 0.6 is 24.0 Å². The molecule has 0 fully saturated rings. The van der Waals surface area contributed by atoms with E-state index in [1.807, 2.05) is 19.9 Å². The Hall–Kier alpha value is -0.980. The number of hydrogen-bond acceptors (Lipinski definition) is 2. The molecule has 0 radical (unpaired) electrons. The number of nitrogens with two attached hydrogens (primary N) is 1. The SMILES string of the molecule is CCNC(N)=NCCc1ccc(C)c(OC)c1.I. The summed E-state index contributed by atoms with van der Waals surface area (Å²) >= 11 is 0. The van der Waals surface area contributed by atoms with Crippen molar-refractivity contribution >= 4 is 29.9 Å². The second kappa shape index (κ2) is 9.02. The van der Waals surface area contributed by atoms with Gasteiger partial charge in [-0.05, 0) is 37.5 Å². The van der Waals surface area contributed by atoms with Crippen molar-refractivity contribution in [2.24, 2.45) is 10.7 Å². The normalized spacial score (nSPS) is 10.7. The maximum Gasteiger partial charge on any atom is 0.188 e. The predicted molar refractivity (Wildman–Crippen MR) is 87.0 cm³/mol. The van der Waals surface area contributed by atoms with Crippen molar-refractivity contribution < 1.29 is 4.74 Å². The van der Waals surface area contributed by atoms with Crippen molar-refractivity contribution in [3.63, 3.8) is 0 Å². The fraction of sp³-hybridized carbons (Fsp3) is 0.462. The molecule has 0 spiro atoms. The Morgan fingerprint density at radius 3 is 2.78 bits per heavy atom. The molecular weight excluding hydrogens is 341 g/mol. The van der Waals surface area contributed by atoms with Crippen molar-refractivity contribution in [2.45, 2.75) is 20.3 Å². The first-order valence-electron chi connectivity index (χ1n) is 5.84. The summed E-state index contributed by atoms with van der Waals surface area (Å²) in [5, 5.41) is 2.97. The van der Waals surface area contributed by atoms with Crippen LogP contribution < -0.4 is 15.8 Å². The summed E-state index contributed by atoms with van der Waals surface area (Å²) in [4.78, 5) is 4.23. The molecule has 0 bridgehead atoms. The van der Waals surface area contributed by atoms with E-state index in [1.54, 1.807) is 7.11 Å². The number of methoxy groups -OCH3 is 1. The number of nitrogens with zero attached hydrogens (tertiary/aromatic N) is 1. The number of halogens is 1. The Bertz CT molecular complexity index is 394. The van der Waals surface area contributed by atoms with Crippen molar-refractivity contribution in [3.8, 4) is 5.75 Å². The van der Waals surface area contributed by atoms with Crippen LogP contribution in [0.1, 0.15) is 18.1 Å². The number of nitrogens with one attached hydrogen (secondary N) is 1. The Kier molecular flexibility index (Phi) is 8.53. The zero-order valence-electron chi connectivity index (χ0n) is 11.2. The van der Waals surface area contributed by atoms with Crippen LogP contribution in [0.2, 0.25) is 0 Å². The van der Waals surface area contributed by atoms with Gasteiger partial charge in [-0.15, -0.1) is 24.0 Å². The molecule has 102 valence electrons. The fourth-order valence-corrected chi connectivity index (χ4v) is 1.56. The van der Waals surface area contributed by atoms with Crippen LogP contribution in [0.15, 0.2) is 23.2 Å². The van der Waals surface area contributed by atoms with Crippen LogP contribution in [-0.2, 0) is 6.42 Å². The van der Waals surface area contributed by atoms with E-state index in [4.69, 9.17) is 10.5 Å². The topological polar surface area (TPSA) is 59.6 Å². The van der Waals surface area contributed by atoms with Crippen molar-refractivity contribution in [1.29, 1.82) is 0 Å². The number of rotatable bonds is 5. The van der Waals surface area contributed by atoms with E-state index < -0.39 is 0 Å². The molecule has 1 aromatic carbocycles. The first kappa shape index (κ1) is 17.0. The van der Waals surface area contributed by atoms with Crippen LogP contribution in [0.25, 0.3) is 0 Å². The summed E-state index contributed by atoms with van der Waals surface area (Å²) in [6.07, 6.45) is 0.864. The summed E-state index contributed by atoms with van der Waals surface area (Å²) in [5.74, 6) is 1.43. The molecule has 5 heteroatoms. The Labute approximate surface area is 126 Å². The monoisotopic (exact) mass is 363 g/mol. The summed E-state index contributed by atoms with van der Waals surface area (Å²) in [6.45, 7) is 5.51. The number of benzene rings is 1. The summed E-state index contributed by atoms with van der Waals surface area (Å²) in [7, 11) is 1.69. The number of aliphatic imine (C=N–C) groups is 1. The molecule has 0 aliphatic rings. The molecule has 0 aliphatic heterocycles. The minimum Gasteiger partial charge on any atom is -0.496 e. The van der Waals surface area contributed by atoms with Crippen molar-refractivity contribution in [2.75, 3.05) is 20.2 Å². The molecule has 0 amide bonds. The van der Waals surface area contributed by atoms with Gasteiger partial charge in [0.05, 0.1) is 7.11 Å². The maximum atomic E-state index is 5.64. The lowest BCUT2D eigenvalue weighted by Gasteiger charge is -2.07. The highest BCUT2D eigenvalue weighted by Crippen LogP contribution is 2.19. The van der Waals surface area contributed by atoms with E-state index in [-0.39, 0.29) is 24.0 Å². The number of aryl methyl sites for hydroxylation is 1. The third kappa shape index (κ3) is 5.57. The molecule has 0 aliphatic carbocycles. The first-order chi connectivity index (χ1) is 8.17. The van der Waals surface area contributed by atoms with Gasteiger partial charge in [-0.3, -0.25) is 4.99 Å². The van der Waals surface area contributed by atoms with Crippen LogP contribution in [0.3, 0.4) is 0 Å². The summed E-state index contributed by atoms with van der Waals surface area (Å²) in [5.41, 5.74) is 8.00. The van der Waals surface area contributed by atoms with Crippen LogP contribution in [0.5, 0.6) is 5.75 Å². The highest BCUT2D eigenvalue weighted by molar-refractivity contribution is 14.0. The standard InChI is InChI=1S/C13H21N3O.HI/c1-4-15-13(14)16-8-7-11-6-5-10(2)12(9-11)17-3;/h5-6,9H,4,7-8H2,1-3H3,(H3,14,15,16);1H. The largest absolute Gasteiger partial charge is 0.496 e. The van der Waals surface area contributed by atoms with E-state index in [0.29, 0.717) is 12.5 Å². The van der Waals surface area contributed by atoms with Gasteiger partial charge < -0.3 is 15.8 Å². The van der Waals surface area contributed by atoms with E-state index in [2.05, 4.69) is 22.4 Å². The fourth-order valence-electron chi connectivity index (χ4n) is 1.56. The Morgan fingerprint density at radius 2 is 2.17 bits per heavy atom. The van der Waals surface area contributed by atoms with Gasteiger partial charge in [-0.2, -0.15) is 0 Å². The molecule has 0 heterocycles. The number of ether oxygens (including phenoxy) is 1. The van der Waals surface area contributed by atoms with Gasteiger partial charge in [-0.1, -0.05) is 12.1 Å². The number of guanidine groups is 1. The minimum atomic E-state index is 0. The van der Waals surface area contributed by atoms with Crippen LogP contribution in [0.4, 0.5) is 0 Å². The molecule has 18 heavy (non-hydrogen) atoms. The average molecular weight is 363 g/mol. The number of hydrogen-bond donors (Lipinski definition) is 2. The van der Waals surface area contributed by atoms with E-state index in [9.17, 15) is 0 Å². The predicted octanol–water partition coefficient (Wildman–Crippen LogP) is 2.09. The lowest BCUT2D eigenvalue weighted by molar-refractivity contribution is 0.411. The zero-order chi connectivity index (χ0) is 12.7. The lowest BCUT2D eigenvalue weighted by atomic mass is 10.1. The van der Waals surface area contributed by atoms with Crippen LogP contribution in [-0.4, -0.2) is 26.2 Å². The molecule has 0 unspecified atom stereocenters. The van der Waals surface area contributed by atoms with E-state index >= 15 is 0 Å². The molecule has 3 N–H and O–H groups in total. The highest BCUT2D eigenvalue weighted by atomic mass is 127. The third-order valence-corrected chi connectivity index (χ3v) is 2.51. The molecule has 1 rings (SSSR count). The summed E-state index contributed by atoms with van der Waals surface area (Å²) < 4.78 is 5.28. The minimum absolute atomic E-state index is 0. The smallest absolute Gasteiger partial charge is 0.188 e. The first-order valence-corrected chi connectivity index (χ1v) is 5.84. The van der Waals surface area contributed by atoms with Gasteiger partial charge in [0.15, 0.2) is 5.96 Å². The molecule has 0 atom stereocenters. The Balaban J connectivity index is 0.00000289. The second-order valence-electron chi connectivity index (χ2n) is 3.85. The van der Waals surface area contributed by atoms with Gasteiger partial charge in [0, 0.05) is 13.1 Å². The molecule has 0 saturated carbocycles. The van der Waals surface area contributed by atoms with Gasteiger partial charge in [0.1, 0.15) is 5.75 Å². The molecular formula is C13H22IN3O. The lowest BCUT2D eigenvalue weighted by Crippen LogP contribution is -2.31.